The van der Waals surface area contributed by atoms with Gasteiger partial charge in [-0.15, -0.1) is 0 Å². The molecule has 0 bridgehead atoms. The van der Waals surface area contributed by atoms with Crippen LogP contribution < -0.4 is 5.73 Å². The third kappa shape index (κ3) is 3.09. The molecule has 0 unspecified atom stereocenters. The van der Waals surface area contributed by atoms with E-state index in [-0.39, 0.29) is 11.9 Å². The molecule has 6 heteroatoms. The second-order valence-electron chi connectivity index (χ2n) is 4.69. The summed E-state index contributed by atoms with van der Waals surface area (Å²) >= 11 is 0. The fraction of sp³-hybridized carbons (Fsp3) is 0.818. The lowest BCUT2D eigenvalue weighted by molar-refractivity contribution is -0.131. The fourth-order valence-electron chi connectivity index (χ4n) is 2.38. The minimum atomic E-state index is -0.365. The zero-order valence-corrected chi connectivity index (χ0v) is 10.1. The zero-order valence-electron chi connectivity index (χ0n) is 10.1. The molecule has 2 aliphatic heterocycles. The third-order valence-electron chi connectivity index (χ3n) is 3.50. The molecule has 96 valence electrons. The molecular weight excluding hydrogens is 220 g/mol. The molecule has 0 aromatic carbocycles. The summed E-state index contributed by atoms with van der Waals surface area (Å²) in [4.78, 5) is 28.5. The van der Waals surface area contributed by atoms with Crippen molar-refractivity contribution in [1.82, 2.24) is 14.7 Å². The van der Waals surface area contributed by atoms with Gasteiger partial charge in [-0.25, -0.2) is 4.79 Å². The number of amides is 3. The second kappa shape index (κ2) is 5.35. The molecule has 2 heterocycles. The van der Waals surface area contributed by atoms with Crippen LogP contribution >= 0.6 is 0 Å². The maximum atomic E-state index is 11.9. The summed E-state index contributed by atoms with van der Waals surface area (Å²) in [6, 6.07) is -0.365. The monoisotopic (exact) mass is 240 g/mol. The van der Waals surface area contributed by atoms with Crippen LogP contribution in [0.2, 0.25) is 0 Å². The molecule has 17 heavy (non-hydrogen) atoms. The van der Waals surface area contributed by atoms with Gasteiger partial charge in [0.2, 0.25) is 5.91 Å². The Morgan fingerprint density at radius 3 is 2.00 bits per heavy atom. The average molecular weight is 240 g/mol. The Labute approximate surface area is 101 Å². The molecule has 2 N–H and O–H groups in total. The molecular formula is C11H20N4O2. The highest BCUT2D eigenvalue weighted by Crippen LogP contribution is 2.09. The molecule has 0 aliphatic carbocycles. The number of carbonyl (C=O) groups is 2. The van der Waals surface area contributed by atoms with E-state index in [1.807, 2.05) is 4.90 Å². The topological polar surface area (TPSA) is 69.9 Å². The molecule has 0 aromatic heterocycles. The van der Waals surface area contributed by atoms with Gasteiger partial charge in [0, 0.05) is 39.3 Å². The number of hydrogen-bond acceptors (Lipinski definition) is 3. The maximum absolute atomic E-state index is 11.9. The highest BCUT2D eigenvalue weighted by molar-refractivity contribution is 5.78. The average Bonchev–Trinajstić information content (AvgIpc) is 2.83. The van der Waals surface area contributed by atoms with Crippen molar-refractivity contribution in [1.29, 1.82) is 0 Å². The summed E-state index contributed by atoms with van der Waals surface area (Å²) in [6.07, 6.45) is 2.25. The second-order valence-corrected chi connectivity index (χ2v) is 4.69. The van der Waals surface area contributed by atoms with Crippen LogP contribution in [0.15, 0.2) is 0 Å². The smallest absolute Gasteiger partial charge is 0.314 e. The number of urea groups is 1. The SMILES string of the molecule is NC(=O)N1CCN(CC(=O)N2CCCC2)CC1. The van der Waals surface area contributed by atoms with Gasteiger partial charge in [0.05, 0.1) is 6.54 Å². The van der Waals surface area contributed by atoms with E-state index in [0.29, 0.717) is 19.6 Å². The molecule has 0 saturated carbocycles. The number of hydrogen-bond donors (Lipinski definition) is 1. The van der Waals surface area contributed by atoms with Gasteiger partial charge in [0.1, 0.15) is 0 Å². The van der Waals surface area contributed by atoms with Crippen LogP contribution in [0.5, 0.6) is 0 Å². The quantitative estimate of drug-likeness (QED) is 0.694. The number of carbonyl (C=O) groups excluding carboxylic acids is 2. The predicted octanol–water partition coefficient (Wildman–Crippen LogP) is -0.695. The van der Waals surface area contributed by atoms with Gasteiger partial charge >= 0.3 is 6.03 Å². The van der Waals surface area contributed by atoms with Crippen LogP contribution in [0.4, 0.5) is 4.79 Å². The van der Waals surface area contributed by atoms with Gasteiger partial charge < -0.3 is 15.5 Å². The van der Waals surface area contributed by atoms with Gasteiger partial charge in [-0.3, -0.25) is 9.69 Å². The molecule has 3 amide bonds. The summed E-state index contributed by atoms with van der Waals surface area (Å²) in [5.74, 6) is 0.218. The molecule has 0 radical (unpaired) electrons. The van der Waals surface area contributed by atoms with Crippen molar-refractivity contribution in [2.24, 2.45) is 5.73 Å². The molecule has 2 aliphatic rings. The van der Waals surface area contributed by atoms with Gasteiger partial charge in [-0.05, 0) is 12.8 Å². The Morgan fingerprint density at radius 1 is 0.882 bits per heavy atom. The standard InChI is InChI=1S/C11H20N4O2/c12-11(17)15-7-5-13(6-8-15)9-10(16)14-3-1-2-4-14/h1-9H2,(H2,12,17). The first-order valence-corrected chi connectivity index (χ1v) is 6.21. The van der Waals surface area contributed by atoms with E-state index in [1.165, 1.54) is 0 Å². The van der Waals surface area contributed by atoms with Crippen LogP contribution in [-0.4, -0.2) is 72.5 Å². The van der Waals surface area contributed by atoms with E-state index in [4.69, 9.17) is 5.73 Å². The van der Waals surface area contributed by atoms with Crippen molar-refractivity contribution in [2.75, 3.05) is 45.8 Å². The van der Waals surface area contributed by atoms with Gasteiger partial charge in [-0.2, -0.15) is 0 Å². The van der Waals surface area contributed by atoms with E-state index in [9.17, 15) is 9.59 Å². The normalized spacial score (nSPS) is 21.9. The van der Waals surface area contributed by atoms with Crippen molar-refractivity contribution >= 4 is 11.9 Å². The molecule has 0 spiro atoms. The molecule has 2 rings (SSSR count). The first-order chi connectivity index (χ1) is 8.16. The summed E-state index contributed by atoms with van der Waals surface area (Å²) in [5.41, 5.74) is 5.21. The van der Waals surface area contributed by atoms with Gasteiger partial charge in [0.15, 0.2) is 0 Å². The number of likely N-dealkylation sites (tertiary alicyclic amines) is 1. The van der Waals surface area contributed by atoms with Crippen molar-refractivity contribution in [3.05, 3.63) is 0 Å². The molecule has 0 atom stereocenters. The van der Waals surface area contributed by atoms with E-state index in [0.717, 1.165) is 39.0 Å². The van der Waals surface area contributed by atoms with Crippen LogP contribution in [0.3, 0.4) is 0 Å². The summed E-state index contributed by atoms with van der Waals surface area (Å²) in [7, 11) is 0. The van der Waals surface area contributed by atoms with E-state index in [2.05, 4.69) is 4.90 Å². The third-order valence-corrected chi connectivity index (χ3v) is 3.50. The largest absolute Gasteiger partial charge is 0.351 e. The number of primary amides is 1. The van der Waals surface area contributed by atoms with E-state index in [1.54, 1.807) is 4.90 Å². The fourth-order valence-corrected chi connectivity index (χ4v) is 2.38. The van der Waals surface area contributed by atoms with Crippen LogP contribution in [0.25, 0.3) is 0 Å². The Balaban J connectivity index is 1.74. The van der Waals surface area contributed by atoms with Crippen molar-refractivity contribution in [3.8, 4) is 0 Å². The molecule has 0 aromatic rings. The summed E-state index contributed by atoms with van der Waals surface area (Å²) < 4.78 is 0. The van der Waals surface area contributed by atoms with Crippen LogP contribution in [0.1, 0.15) is 12.8 Å². The number of piperazine rings is 1. The number of rotatable bonds is 2. The predicted molar refractivity (Wildman–Crippen MR) is 63.4 cm³/mol. The summed E-state index contributed by atoms with van der Waals surface area (Å²) in [5, 5.41) is 0. The van der Waals surface area contributed by atoms with Crippen LogP contribution in [0, 0.1) is 0 Å². The zero-order chi connectivity index (χ0) is 12.3. The van der Waals surface area contributed by atoms with Crippen LogP contribution in [-0.2, 0) is 4.79 Å². The Morgan fingerprint density at radius 2 is 1.47 bits per heavy atom. The van der Waals surface area contributed by atoms with Gasteiger partial charge in [-0.1, -0.05) is 0 Å². The van der Waals surface area contributed by atoms with Crippen molar-refractivity contribution in [3.63, 3.8) is 0 Å². The lowest BCUT2D eigenvalue weighted by atomic mass is 10.3. The Bertz CT molecular complexity index is 294. The number of nitrogens with zero attached hydrogens (tertiary/aromatic N) is 3. The Kier molecular flexibility index (Phi) is 3.83. The van der Waals surface area contributed by atoms with Gasteiger partial charge in [0.25, 0.3) is 0 Å². The first-order valence-electron chi connectivity index (χ1n) is 6.21. The number of nitrogens with two attached hydrogens (primary N) is 1. The van der Waals surface area contributed by atoms with Crippen molar-refractivity contribution < 1.29 is 9.59 Å². The lowest BCUT2D eigenvalue weighted by Gasteiger charge is -2.34. The Hall–Kier alpha value is -1.30. The highest BCUT2D eigenvalue weighted by Gasteiger charge is 2.24. The van der Waals surface area contributed by atoms with E-state index < -0.39 is 0 Å². The van der Waals surface area contributed by atoms with E-state index >= 15 is 0 Å². The molecule has 2 saturated heterocycles. The minimum absolute atomic E-state index is 0.218. The minimum Gasteiger partial charge on any atom is -0.351 e. The summed E-state index contributed by atoms with van der Waals surface area (Å²) in [6.45, 7) is 5.02. The highest BCUT2D eigenvalue weighted by atomic mass is 16.2. The first kappa shape index (κ1) is 12.2. The molecule has 6 nitrogen and oxygen atoms in total. The molecule has 2 fully saturated rings. The van der Waals surface area contributed by atoms with Crippen molar-refractivity contribution in [2.45, 2.75) is 12.8 Å². The lowest BCUT2D eigenvalue weighted by Crippen LogP contribution is -2.52. The maximum Gasteiger partial charge on any atom is 0.314 e.